The molecule has 2 aromatic rings. The number of ketones is 1. The minimum atomic E-state index is -0.598. The lowest BCUT2D eigenvalue weighted by Crippen LogP contribution is -2.14. The Bertz CT molecular complexity index is 830. The lowest BCUT2D eigenvalue weighted by molar-refractivity contribution is -0.384. The minimum Gasteiger partial charge on any atom is -0.507 e. The molecular weight excluding hydrogens is 312 g/mol. The average molecular weight is 328 g/mol. The molecule has 0 aromatic heterocycles. The molecular formula is C17H16N2O5. The van der Waals surface area contributed by atoms with Crippen molar-refractivity contribution in [2.45, 2.75) is 20.3 Å². The number of anilines is 1. The Labute approximate surface area is 138 Å². The van der Waals surface area contributed by atoms with Crippen molar-refractivity contribution in [2.24, 2.45) is 0 Å². The molecule has 0 aliphatic heterocycles. The maximum absolute atomic E-state index is 12.4. The van der Waals surface area contributed by atoms with Gasteiger partial charge in [0.25, 0.3) is 11.6 Å². The van der Waals surface area contributed by atoms with Crippen LogP contribution in [0.25, 0.3) is 0 Å². The molecule has 24 heavy (non-hydrogen) atoms. The van der Waals surface area contributed by atoms with Crippen molar-refractivity contribution >= 4 is 23.1 Å². The lowest BCUT2D eigenvalue weighted by Gasteiger charge is -2.11. The monoisotopic (exact) mass is 328 g/mol. The smallest absolute Gasteiger partial charge is 0.269 e. The number of aromatic hydroxyl groups is 1. The predicted octanol–water partition coefficient (Wildman–Crippen LogP) is 3.32. The second kappa shape index (κ2) is 6.91. The van der Waals surface area contributed by atoms with Crippen LogP contribution in [-0.2, 0) is 6.42 Å². The zero-order chi connectivity index (χ0) is 17.9. The summed E-state index contributed by atoms with van der Waals surface area (Å²) in [6.07, 6.45) is 0.483. The molecule has 0 spiro atoms. The van der Waals surface area contributed by atoms with Gasteiger partial charge in [0.2, 0.25) is 0 Å². The molecule has 2 N–H and O–H groups in total. The molecule has 1 amide bonds. The van der Waals surface area contributed by atoms with Crippen molar-refractivity contribution in [2.75, 3.05) is 5.32 Å². The maximum Gasteiger partial charge on any atom is 0.269 e. The van der Waals surface area contributed by atoms with Crippen LogP contribution >= 0.6 is 0 Å². The fourth-order valence-corrected chi connectivity index (χ4v) is 2.23. The van der Waals surface area contributed by atoms with Gasteiger partial charge >= 0.3 is 0 Å². The molecule has 0 saturated heterocycles. The molecule has 0 atom stereocenters. The third-order valence-corrected chi connectivity index (χ3v) is 3.58. The highest BCUT2D eigenvalue weighted by atomic mass is 16.6. The number of amides is 1. The molecule has 7 nitrogen and oxygen atoms in total. The molecule has 2 aromatic carbocycles. The molecule has 0 bridgehead atoms. The predicted molar refractivity (Wildman–Crippen MR) is 88.5 cm³/mol. The zero-order valence-corrected chi connectivity index (χ0v) is 13.2. The number of Topliss-reactive ketones (excluding diaryl/α,β-unsaturated/α-hetero) is 1. The van der Waals surface area contributed by atoms with E-state index in [0.717, 1.165) is 0 Å². The van der Waals surface area contributed by atoms with Gasteiger partial charge in [0.15, 0.2) is 5.78 Å². The van der Waals surface area contributed by atoms with Crippen molar-refractivity contribution in [3.63, 3.8) is 0 Å². The maximum atomic E-state index is 12.4. The number of hydrogen-bond donors (Lipinski definition) is 2. The van der Waals surface area contributed by atoms with Crippen LogP contribution in [0, 0.1) is 10.1 Å². The van der Waals surface area contributed by atoms with E-state index in [4.69, 9.17) is 0 Å². The van der Waals surface area contributed by atoms with Gasteiger partial charge in [0.1, 0.15) is 5.75 Å². The molecule has 124 valence electrons. The third-order valence-electron chi connectivity index (χ3n) is 3.58. The van der Waals surface area contributed by atoms with Crippen molar-refractivity contribution < 1.29 is 19.6 Å². The lowest BCUT2D eigenvalue weighted by atomic mass is 10.1. The highest BCUT2D eigenvalue weighted by Gasteiger charge is 2.16. The first-order chi connectivity index (χ1) is 11.3. The number of rotatable bonds is 5. The summed E-state index contributed by atoms with van der Waals surface area (Å²) in [6, 6.07) is 8.15. The number of hydrogen-bond acceptors (Lipinski definition) is 5. The Kier molecular flexibility index (Phi) is 4.93. The minimum absolute atomic E-state index is 0.0388. The van der Waals surface area contributed by atoms with E-state index in [1.807, 2.05) is 6.92 Å². The number of nitro groups is 1. The van der Waals surface area contributed by atoms with Crippen LogP contribution in [0.3, 0.4) is 0 Å². The van der Waals surface area contributed by atoms with Crippen molar-refractivity contribution in [1.29, 1.82) is 0 Å². The number of non-ortho nitro benzene ring substituents is 1. The molecule has 0 aliphatic carbocycles. The first-order valence-electron chi connectivity index (χ1n) is 7.26. The summed E-state index contributed by atoms with van der Waals surface area (Å²) >= 11 is 0. The Balaban J connectivity index is 2.35. The Morgan fingerprint density at radius 2 is 1.92 bits per heavy atom. The van der Waals surface area contributed by atoms with Gasteiger partial charge in [-0.1, -0.05) is 6.92 Å². The van der Waals surface area contributed by atoms with Gasteiger partial charge in [0.05, 0.1) is 10.5 Å². The SMILES string of the molecule is CCc1cc([N+](=O)[O-])ccc1NC(=O)c1cc(C(C)=O)ccc1O. The normalized spacial score (nSPS) is 10.2. The molecule has 0 aliphatic rings. The van der Waals surface area contributed by atoms with Crippen LogP contribution < -0.4 is 5.32 Å². The number of phenols is 1. The van der Waals surface area contributed by atoms with Crippen LogP contribution in [0.5, 0.6) is 5.75 Å². The summed E-state index contributed by atoms with van der Waals surface area (Å²) in [7, 11) is 0. The van der Waals surface area contributed by atoms with E-state index in [1.54, 1.807) is 0 Å². The summed E-state index contributed by atoms with van der Waals surface area (Å²) in [5.41, 5.74) is 1.22. The second-order valence-electron chi connectivity index (χ2n) is 5.19. The van der Waals surface area contributed by atoms with Crippen LogP contribution in [0.4, 0.5) is 11.4 Å². The summed E-state index contributed by atoms with van der Waals surface area (Å²) in [5, 5.41) is 23.3. The van der Waals surface area contributed by atoms with Crippen molar-refractivity contribution in [3.8, 4) is 5.75 Å². The van der Waals surface area contributed by atoms with Gasteiger partial charge < -0.3 is 10.4 Å². The first kappa shape index (κ1) is 17.1. The second-order valence-corrected chi connectivity index (χ2v) is 5.19. The average Bonchev–Trinajstić information content (AvgIpc) is 2.54. The molecule has 0 heterocycles. The highest BCUT2D eigenvalue weighted by molar-refractivity contribution is 6.08. The Hall–Kier alpha value is -3.22. The summed E-state index contributed by atoms with van der Waals surface area (Å²) in [5.74, 6) is -1.08. The Morgan fingerprint density at radius 1 is 1.21 bits per heavy atom. The van der Waals surface area contributed by atoms with E-state index in [2.05, 4.69) is 5.32 Å². The summed E-state index contributed by atoms with van der Waals surface area (Å²) in [4.78, 5) is 34.1. The molecule has 7 heteroatoms. The first-order valence-corrected chi connectivity index (χ1v) is 7.26. The number of nitro benzene ring substituents is 1. The quantitative estimate of drug-likeness (QED) is 0.497. The van der Waals surface area contributed by atoms with E-state index in [-0.39, 0.29) is 22.8 Å². The standard InChI is InChI=1S/C17H16N2O5/c1-3-11-8-13(19(23)24)5-6-15(11)18-17(22)14-9-12(10(2)20)4-7-16(14)21/h4-9,21H,3H2,1-2H3,(H,18,22). The van der Waals surface area contributed by atoms with Crippen molar-refractivity contribution in [3.05, 3.63) is 63.2 Å². The number of nitrogens with zero attached hydrogens (tertiary/aromatic N) is 1. The molecule has 0 radical (unpaired) electrons. The largest absolute Gasteiger partial charge is 0.507 e. The van der Waals surface area contributed by atoms with E-state index in [9.17, 15) is 24.8 Å². The number of nitrogens with one attached hydrogen (secondary N) is 1. The van der Waals surface area contributed by atoms with Crippen LogP contribution in [0.2, 0.25) is 0 Å². The summed E-state index contributed by atoms with van der Waals surface area (Å²) < 4.78 is 0. The van der Waals surface area contributed by atoms with E-state index < -0.39 is 10.8 Å². The molecule has 0 unspecified atom stereocenters. The number of phenolic OH excluding ortho intramolecular Hbond substituents is 1. The molecule has 0 saturated carbocycles. The third kappa shape index (κ3) is 3.57. The van der Waals surface area contributed by atoms with Gasteiger partial charge in [-0.3, -0.25) is 19.7 Å². The number of aryl methyl sites for hydroxylation is 1. The molecule has 0 fully saturated rings. The Morgan fingerprint density at radius 3 is 2.50 bits per heavy atom. The van der Waals surface area contributed by atoms with Crippen molar-refractivity contribution in [1.82, 2.24) is 0 Å². The van der Waals surface area contributed by atoms with Gasteiger partial charge in [-0.15, -0.1) is 0 Å². The van der Waals surface area contributed by atoms with E-state index in [0.29, 0.717) is 23.2 Å². The fourth-order valence-electron chi connectivity index (χ4n) is 2.23. The fraction of sp³-hybridized carbons (Fsp3) is 0.176. The number of carbonyl (C=O) groups excluding carboxylic acids is 2. The van der Waals surface area contributed by atoms with Gasteiger partial charge in [-0.05, 0) is 43.2 Å². The van der Waals surface area contributed by atoms with Gasteiger partial charge in [-0.25, -0.2) is 0 Å². The molecule has 2 rings (SSSR count). The van der Waals surface area contributed by atoms with Crippen LogP contribution in [-0.4, -0.2) is 21.7 Å². The topological polar surface area (TPSA) is 110 Å². The summed E-state index contributed by atoms with van der Waals surface area (Å²) in [6.45, 7) is 3.17. The number of carbonyl (C=O) groups is 2. The van der Waals surface area contributed by atoms with Crippen LogP contribution in [0.1, 0.15) is 40.1 Å². The zero-order valence-electron chi connectivity index (χ0n) is 13.2. The van der Waals surface area contributed by atoms with E-state index in [1.165, 1.54) is 43.3 Å². The number of benzene rings is 2. The van der Waals surface area contributed by atoms with Gasteiger partial charge in [-0.2, -0.15) is 0 Å². The van der Waals surface area contributed by atoms with Gasteiger partial charge in [0, 0.05) is 23.4 Å². The van der Waals surface area contributed by atoms with E-state index >= 15 is 0 Å². The van der Waals surface area contributed by atoms with Crippen LogP contribution in [0.15, 0.2) is 36.4 Å². The highest BCUT2D eigenvalue weighted by Crippen LogP contribution is 2.25.